The first-order chi connectivity index (χ1) is 13.5. The van der Waals surface area contributed by atoms with Crippen molar-refractivity contribution in [2.24, 2.45) is 5.10 Å². The van der Waals surface area contributed by atoms with Crippen molar-refractivity contribution in [1.29, 1.82) is 0 Å². The van der Waals surface area contributed by atoms with Gasteiger partial charge in [-0.1, -0.05) is 36.4 Å². The number of non-ortho nitro benzene ring substituents is 1. The van der Waals surface area contributed by atoms with Crippen LogP contribution >= 0.6 is 0 Å². The fourth-order valence-corrected chi connectivity index (χ4v) is 2.79. The highest BCUT2D eigenvalue weighted by Gasteiger charge is 2.12. The standard InChI is InChI=1S/C20H19N5O3/c1-14-19(15(2)24(23-14)13-16-7-4-3-5-8-16)12-21-22-20(26)17-9-6-10-18(11-17)25(27)28/h3-12H,13H2,1-2H3,(H,22,26)/b21-12-. The van der Waals surface area contributed by atoms with Crippen LogP contribution in [0.2, 0.25) is 0 Å². The molecule has 0 radical (unpaired) electrons. The van der Waals surface area contributed by atoms with Crippen LogP contribution < -0.4 is 5.43 Å². The second kappa shape index (κ2) is 8.26. The number of carbonyl (C=O) groups is 1. The molecule has 3 rings (SSSR count). The van der Waals surface area contributed by atoms with E-state index in [0.29, 0.717) is 6.54 Å². The zero-order valence-electron chi connectivity index (χ0n) is 15.5. The summed E-state index contributed by atoms with van der Waals surface area (Å²) in [5.41, 5.74) is 6.09. The molecule has 0 spiro atoms. The number of rotatable bonds is 6. The molecule has 0 bridgehead atoms. The van der Waals surface area contributed by atoms with Gasteiger partial charge in [0.2, 0.25) is 0 Å². The van der Waals surface area contributed by atoms with Gasteiger partial charge in [-0.3, -0.25) is 19.6 Å². The molecule has 8 heteroatoms. The molecule has 2 aromatic carbocycles. The predicted molar refractivity (Wildman–Crippen MR) is 105 cm³/mol. The smallest absolute Gasteiger partial charge is 0.267 e. The minimum Gasteiger partial charge on any atom is -0.267 e. The number of carbonyl (C=O) groups excluding carboxylic acids is 1. The van der Waals surface area contributed by atoms with Crippen molar-refractivity contribution in [1.82, 2.24) is 15.2 Å². The van der Waals surface area contributed by atoms with E-state index >= 15 is 0 Å². The number of aromatic nitrogens is 2. The summed E-state index contributed by atoms with van der Waals surface area (Å²) >= 11 is 0. The van der Waals surface area contributed by atoms with Crippen molar-refractivity contribution in [3.05, 3.63) is 92.8 Å². The van der Waals surface area contributed by atoms with Crippen molar-refractivity contribution < 1.29 is 9.72 Å². The third-order valence-corrected chi connectivity index (χ3v) is 4.29. The molecule has 1 heterocycles. The average molecular weight is 377 g/mol. The lowest BCUT2D eigenvalue weighted by molar-refractivity contribution is -0.384. The van der Waals surface area contributed by atoms with Gasteiger partial charge in [-0.05, 0) is 25.5 Å². The summed E-state index contributed by atoms with van der Waals surface area (Å²) in [7, 11) is 0. The van der Waals surface area contributed by atoms with Crippen molar-refractivity contribution in [3.63, 3.8) is 0 Å². The molecule has 28 heavy (non-hydrogen) atoms. The highest BCUT2D eigenvalue weighted by Crippen LogP contribution is 2.14. The number of nitrogens with zero attached hydrogens (tertiary/aromatic N) is 4. The lowest BCUT2D eigenvalue weighted by atomic mass is 10.2. The largest absolute Gasteiger partial charge is 0.271 e. The third-order valence-electron chi connectivity index (χ3n) is 4.29. The molecule has 0 aliphatic heterocycles. The molecule has 0 fully saturated rings. The lowest BCUT2D eigenvalue weighted by Gasteiger charge is -2.04. The first-order valence-electron chi connectivity index (χ1n) is 8.61. The molecule has 0 atom stereocenters. The van der Waals surface area contributed by atoms with Crippen LogP contribution in [-0.4, -0.2) is 26.8 Å². The zero-order valence-corrected chi connectivity index (χ0v) is 15.5. The van der Waals surface area contributed by atoms with Crippen LogP contribution in [0.5, 0.6) is 0 Å². The van der Waals surface area contributed by atoms with Gasteiger partial charge in [-0.2, -0.15) is 10.2 Å². The van der Waals surface area contributed by atoms with E-state index in [1.54, 1.807) is 0 Å². The molecule has 1 amide bonds. The number of hydrogen-bond acceptors (Lipinski definition) is 5. The van der Waals surface area contributed by atoms with E-state index in [-0.39, 0.29) is 11.3 Å². The molecular weight excluding hydrogens is 358 g/mol. The summed E-state index contributed by atoms with van der Waals surface area (Å²) in [6.07, 6.45) is 1.54. The molecule has 3 aromatic rings. The Morgan fingerprint density at radius 2 is 1.96 bits per heavy atom. The van der Waals surface area contributed by atoms with Crippen molar-refractivity contribution in [2.75, 3.05) is 0 Å². The van der Waals surface area contributed by atoms with E-state index in [2.05, 4.69) is 15.6 Å². The second-order valence-electron chi connectivity index (χ2n) is 6.23. The SMILES string of the molecule is Cc1nn(Cc2ccccc2)c(C)c1/C=N\NC(=O)c1cccc([N+](=O)[O-])c1. The highest BCUT2D eigenvalue weighted by molar-refractivity contribution is 5.95. The number of aryl methyl sites for hydroxylation is 1. The summed E-state index contributed by atoms with van der Waals surface area (Å²) in [5, 5.41) is 19.3. The van der Waals surface area contributed by atoms with Gasteiger partial charge >= 0.3 is 0 Å². The summed E-state index contributed by atoms with van der Waals surface area (Å²) in [6.45, 7) is 4.45. The van der Waals surface area contributed by atoms with Gasteiger partial charge in [0.1, 0.15) is 0 Å². The maximum Gasteiger partial charge on any atom is 0.271 e. The molecular formula is C20H19N5O3. The lowest BCUT2D eigenvalue weighted by Crippen LogP contribution is -2.17. The van der Waals surface area contributed by atoms with E-state index in [9.17, 15) is 14.9 Å². The van der Waals surface area contributed by atoms with Gasteiger partial charge in [0.05, 0.1) is 23.4 Å². The van der Waals surface area contributed by atoms with E-state index in [1.807, 2.05) is 48.9 Å². The van der Waals surface area contributed by atoms with Gasteiger partial charge in [-0.15, -0.1) is 0 Å². The summed E-state index contributed by atoms with van der Waals surface area (Å²) in [5.74, 6) is -0.521. The molecule has 0 saturated heterocycles. The molecule has 1 N–H and O–H groups in total. The Labute approximate surface area is 161 Å². The number of nitro benzene ring substituents is 1. The van der Waals surface area contributed by atoms with Gasteiger partial charge in [0, 0.05) is 29.0 Å². The first kappa shape index (κ1) is 19.0. The summed E-state index contributed by atoms with van der Waals surface area (Å²) in [6, 6.07) is 15.5. The van der Waals surface area contributed by atoms with Crippen LogP contribution in [0.15, 0.2) is 59.7 Å². The first-order valence-corrected chi connectivity index (χ1v) is 8.61. The van der Waals surface area contributed by atoms with E-state index in [0.717, 1.165) is 22.5 Å². The molecule has 0 saturated carbocycles. The number of benzene rings is 2. The molecule has 0 unspecified atom stereocenters. The Morgan fingerprint density at radius 3 is 2.68 bits per heavy atom. The molecule has 8 nitrogen and oxygen atoms in total. The van der Waals surface area contributed by atoms with Gasteiger partial charge < -0.3 is 0 Å². The Morgan fingerprint density at radius 1 is 1.21 bits per heavy atom. The van der Waals surface area contributed by atoms with Crippen LogP contribution in [0, 0.1) is 24.0 Å². The minimum atomic E-state index is -0.548. The fraction of sp³-hybridized carbons (Fsp3) is 0.150. The van der Waals surface area contributed by atoms with Crippen LogP contribution in [0.3, 0.4) is 0 Å². The molecule has 1 aromatic heterocycles. The topological polar surface area (TPSA) is 102 Å². The number of nitro groups is 1. The summed E-state index contributed by atoms with van der Waals surface area (Å²) < 4.78 is 1.88. The Bertz CT molecular complexity index is 1040. The van der Waals surface area contributed by atoms with Crippen LogP contribution in [0.4, 0.5) is 5.69 Å². The van der Waals surface area contributed by atoms with Crippen LogP contribution in [-0.2, 0) is 6.54 Å². The van der Waals surface area contributed by atoms with Crippen LogP contribution in [0.1, 0.15) is 32.9 Å². The van der Waals surface area contributed by atoms with E-state index in [4.69, 9.17) is 0 Å². The van der Waals surface area contributed by atoms with E-state index in [1.165, 1.54) is 30.5 Å². The Balaban J connectivity index is 1.71. The Kier molecular flexibility index (Phi) is 5.59. The maximum atomic E-state index is 12.2. The zero-order chi connectivity index (χ0) is 20.1. The third kappa shape index (κ3) is 4.29. The van der Waals surface area contributed by atoms with Crippen molar-refractivity contribution >= 4 is 17.8 Å². The van der Waals surface area contributed by atoms with Gasteiger partial charge in [-0.25, -0.2) is 5.43 Å². The number of hydrazone groups is 1. The van der Waals surface area contributed by atoms with E-state index < -0.39 is 10.8 Å². The van der Waals surface area contributed by atoms with Crippen LogP contribution in [0.25, 0.3) is 0 Å². The molecule has 0 aliphatic carbocycles. The fourth-order valence-electron chi connectivity index (χ4n) is 2.79. The molecule has 0 aliphatic rings. The van der Waals surface area contributed by atoms with Crippen molar-refractivity contribution in [3.8, 4) is 0 Å². The summed E-state index contributed by atoms with van der Waals surface area (Å²) in [4.78, 5) is 22.4. The second-order valence-corrected chi connectivity index (χ2v) is 6.23. The minimum absolute atomic E-state index is 0.148. The van der Waals surface area contributed by atoms with Crippen molar-refractivity contribution in [2.45, 2.75) is 20.4 Å². The average Bonchev–Trinajstić information content (AvgIpc) is 2.96. The number of nitrogens with one attached hydrogen (secondary N) is 1. The van der Waals surface area contributed by atoms with Gasteiger partial charge in [0.15, 0.2) is 0 Å². The normalized spacial score (nSPS) is 10.9. The Hall–Kier alpha value is -3.81. The highest BCUT2D eigenvalue weighted by atomic mass is 16.6. The predicted octanol–water partition coefficient (Wildman–Crippen LogP) is 3.22. The number of hydrogen-bond donors (Lipinski definition) is 1. The monoisotopic (exact) mass is 377 g/mol. The van der Waals surface area contributed by atoms with Gasteiger partial charge in [0.25, 0.3) is 11.6 Å². The number of amides is 1. The quantitative estimate of drug-likeness (QED) is 0.405. The molecule has 142 valence electrons. The maximum absolute atomic E-state index is 12.2.